The van der Waals surface area contributed by atoms with Crippen molar-refractivity contribution in [2.75, 3.05) is 25.6 Å². The summed E-state index contributed by atoms with van der Waals surface area (Å²) in [4.78, 5) is 20.5. The molecule has 7 nitrogen and oxygen atoms in total. The molecule has 0 spiro atoms. The maximum Gasteiger partial charge on any atom is 0.270 e. The summed E-state index contributed by atoms with van der Waals surface area (Å²) in [5.74, 6) is 1.80. The number of amides is 1. The predicted octanol–water partition coefficient (Wildman–Crippen LogP) is 3.21. The lowest BCUT2D eigenvalue weighted by atomic mass is 10.1. The van der Waals surface area contributed by atoms with Crippen molar-refractivity contribution < 1.29 is 14.3 Å². The van der Waals surface area contributed by atoms with Gasteiger partial charge in [-0.2, -0.15) is 0 Å². The van der Waals surface area contributed by atoms with Gasteiger partial charge in [0, 0.05) is 12.6 Å². The van der Waals surface area contributed by atoms with Gasteiger partial charge in [0.1, 0.15) is 35.9 Å². The van der Waals surface area contributed by atoms with Crippen LogP contribution >= 0.6 is 0 Å². The molecule has 0 saturated heterocycles. The highest BCUT2D eigenvalue weighted by Gasteiger charge is 2.08. The third kappa shape index (κ3) is 5.93. The molecule has 0 unspecified atom stereocenters. The number of methoxy groups -OCH3 is 1. The largest absolute Gasteiger partial charge is 0.497 e. The predicted molar refractivity (Wildman–Crippen MR) is 111 cm³/mol. The van der Waals surface area contributed by atoms with Gasteiger partial charge in [-0.3, -0.25) is 4.79 Å². The summed E-state index contributed by atoms with van der Waals surface area (Å²) >= 11 is 0. The summed E-state index contributed by atoms with van der Waals surface area (Å²) in [6.07, 6.45) is 1.38. The van der Waals surface area contributed by atoms with E-state index in [9.17, 15) is 4.79 Å². The Kier molecular flexibility index (Phi) is 7.00. The van der Waals surface area contributed by atoms with E-state index in [4.69, 9.17) is 9.47 Å². The monoisotopic (exact) mass is 392 g/mol. The lowest BCUT2D eigenvalue weighted by Gasteiger charge is -2.10. The van der Waals surface area contributed by atoms with Crippen molar-refractivity contribution >= 4 is 11.7 Å². The normalized spacial score (nSPS) is 10.3. The molecule has 0 bridgehead atoms. The number of hydrogen-bond acceptors (Lipinski definition) is 6. The molecule has 0 aliphatic heterocycles. The number of anilines is 1. The van der Waals surface area contributed by atoms with E-state index in [1.807, 2.05) is 36.4 Å². The number of aryl methyl sites for hydroxylation is 1. The SMILES string of the molecule is COc1ccc(OCCNC(=O)c2cc(NCc3ccccc3C)ncn2)cc1. The van der Waals surface area contributed by atoms with Crippen molar-refractivity contribution in [2.24, 2.45) is 0 Å². The molecule has 29 heavy (non-hydrogen) atoms. The Morgan fingerprint density at radius 1 is 1.03 bits per heavy atom. The van der Waals surface area contributed by atoms with Gasteiger partial charge in [-0.25, -0.2) is 9.97 Å². The van der Waals surface area contributed by atoms with Crippen molar-refractivity contribution in [1.29, 1.82) is 0 Å². The van der Waals surface area contributed by atoms with Crippen molar-refractivity contribution in [2.45, 2.75) is 13.5 Å². The molecular formula is C22H24N4O3. The number of carbonyl (C=O) groups is 1. The summed E-state index contributed by atoms with van der Waals surface area (Å²) < 4.78 is 10.7. The fourth-order valence-corrected chi connectivity index (χ4v) is 2.67. The molecule has 1 aromatic heterocycles. The smallest absolute Gasteiger partial charge is 0.270 e. The van der Waals surface area contributed by atoms with Gasteiger partial charge in [-0.15, -0.1) is 0 Å². The number of nitrogens with zero attached hydrogens (tertiary/aromatic N) is 2. The Balaban J connectivity index is 1.46. The van der Waals surface area contributed by atoms with Crippen LogP contribution < -0.4 is 20.1 Å². The van der Waals surface area contributed by atoms with Crippen LogP contribution in [0, 0.1) is 6.92 Å². The molecule has 0 aliphatic carbocycles. The van der Waals surface area contributed by atoms with Gasteiger partial charge >= 0.3 is 0 Å². The Bertz CT molecular complexity index is 945. The van der Waals surface area contributed by atoms with E-state index >= 15 is 0 Å². The highest BCUT2D eigenvalue weighted by atomic mass is 16.5. The molecule has 1 amide bonds. The Labute approximate surface area is 170 Å². The number of benzene rings is 2. The summed E-state index contributed by atoms with van der Waals surface area (Å²) in [5.41, 5.74) is 2.67. The molecule has 0 fully saturated rings. The molecule has 0 atom stereocenters. The standard InChI is InChI=1S/C22H24N4O3/c1-16-5-3-4-6-17(16)14-24-21-13-20(25-15-26-21)22(27)23-11-12-29-19-9-7-18(28-2)8-10-19/h3-10,13,15H,11-12,14H2,1-2H3,(H,23,27)(H,24,25,26). The van der Waals surface area contributed by atoms with Crippen molar-refractivity contribution in [3.05, 3.63) is 77.7 Å². The van der Waals surface area contributed by atoms with Gasteiger partial charge in [0.25, 0.3) is 5.91 Å². The van der Waals surface area contributed by atoms with Crippen molar-refractivity contribution in [3.8, 4) is 11.5 Å². The van der Waals surface area contributed by atoms with E-state index in [1.165, 1.54) is 17.5 Å². The molecule has 0 saturated carbocycles. The van der Waals surface area contributed by atoms with Crippen LogP contribution in [0.2, 0.25) is 0 Å². The van der Waals surface area contributed by atoms with E-state index < -0.39 is 0 Å². The second-order valence-electron chi connectivity index (χ2n) is 6.35. The first-order valence-corrected chi connectivity index (χ1v) is 9.31. The molecule has 2 N–H and O–H groups in total. The van der Waals surface area contributed by atoms with Crippen LogP contribution in [0.25, 0.3) is 0 Å². The first-order chi connectivity index (χ1) is 14.2. The summed E-state index contributed by atoms with van der Waals surface area (Å²) in [6, 6.07) is 17.0. The van der Waals surface area contributed by atoms with Crippen molar-refractivity contribution in [3.63, 3.8) is 0 Å². The van der Waals surface area contributed by atoms with Crippen LogP contribution in [0.1, 0.15) is 21.6 Å². The highest BCUT2D eigenvalue weighted by Crippen LogP contribution is 2.16. The number of nitrogens with one attached hydrogen (secondary N) is 2. The fourth-order valence-electron chi connectivity index (χ4n) is 2.67. The van der Waals surface area contributed by atoms with Gasteiger partial charge in [-0.1, -0.05) is 24.3 Å². The van der Waals surface area contributed by atoms with Gasteiger partial charge in [0.15, 0.2) is 0 Å². The van der Waals surface area contributed by atoms with E-state index in [0.717, 1.165) is 5.75 Å². The maximum atomic E-state index is 12.3. The third-order valence-electron chi connectivity index (χ3n) is 4.34. The number of ether oxygens (including phenoxy) is 2. The minimum Gasteiger partial charge on any atom is -0.497 e. The van der Waals surface area contributed by atoms with Gasteiger partial charge < -0.3 is 20.1 Å². The molecule has 0 aliphatic rings. The molecule has 0 radical (unpaired) electrons. The minimum absolute atomic E-state index is 0.273. The summed E-state index contributed by atoms with van der Waals surface area (Å²) in [5, 5.41) is 6.02. The maximum absolute atomic E-state index is 12.3. The number of rotatable bonds is 9. The zero-order valence-corrected chi connectivity index (χ0v) is 16.5. The van der Waals surface area contributed by atoms with Gasteiger partial charge in [0.2, 0.25) is 0 Å². The third-order valence-corrected chi connectivity index (χ3v) is 4.34. The van der Waals surface area contributed by atoms with Crippen LogP contribution in [0.4, 0.5) is 5.82 Å². The summed E-state index contributed by atoms with van der Waals surface area (Å²) in [7, 11) is 1.61. The lowest BCUT2D eigenvalue weighted by Crippen LogP contribution is -2.29. The van der Waals surface area contributed by atoms with E-state index in [1.54, 1.807) is 13.2 Å². The average Bonchev–Trinajstić information content (AvgIpc) is 2.76. The van der Waals surface area contributed by atoms with Gasteiger partial charge in [0.05, 0.1) is 13.7 Å². The van der Waals surface area contributed by atoms with Gasteiger partial charge in [-0.05, 0) is 42.3 Å². The Hall–Kier alpha value is -3.61. The second kappa shape index (κ2) is 10.1. The molecule has 7 heteroatoms. The number of hydrogen-bond donors (Lipinski definition) is 2. The van der Waals surface area contributed by atoms with Crippen LogP contribution in [-0.2, 0) is 6.54 Å². The van der Waals surface area contributed by atoms with Crippen LogP contribution in [0.15, 0.2) is 60.9 Å². The molecule has 1 heterocycles. The van der Waals surface area contributed by atoms with E-state index in [-0.39, 0.29) is 5.91 Å². The minimum atomic E-state index is -0.273. The average molecular weight is 392 g/mol. The van der Waals surface area contributed by atoms with Crippen LogP contribution in [0.5, 0.6) is 11.5 Å². The molecular weight excluding hydrogens is 368 g/mol. The zero-order valence-electron chi connectivity index (χ0n) is 16.5. The summed E-state index contributed by atoms with van der Waals surface area (Å²) in [6.45, 7) is 3.40. The topological polar surface area (TPSA) is 85.4 Å². The van der Waals surface area contributed by atoms with E-state index in [2.05, 4.69) is 39.7 Å². The van der Waals surface area contributed by atoms with Crippen LogP contribution in [0.3, 0.4) is 0 Å². The first-order valence-electron chi connectivity index (χ1n) is 9.31. The fraction of sp³-hybridized carbons (Fsp3) is 0.227. The lowest BCUT2D eigenvalue weighted by molar-refractivity contribution is 0.0942. The molecule has 3 aromatic rings. The molecule has 2 aromatic carbocycles. The van der Waals surface area contributed by atoms with Crippen LogP contribution in [-0.4, -0.2) is 36.1 Å². The van der Waals surface area contributed by atoms with Crippen molar-refractivity contribution in [1.82, 2.24) is 15.3 Å². The quantitative estimate of drug-likeness (QED) is 0.544. The number of carbonyl (C=O) groups excluding carboxylic acids is 1. The number of aromatic nitrogens is 2. The second-order valence-corrected chi connectivity index (χ2v) is 6.35. The Morgan fingerprint density at radius 3 is 2.55 bits per heavy atom. The van der Waals surface area contributed by atoms with E-state index in [0.29, 0.717) is 37.0 Å². The first kappa shape index (κ1) is 20.1. The highest BCUT2D eigenvalue weighted by molar-refractivity contribution is 5.92. The molecule has 3 rings (SSSR count). The zero-order chi connectivity index (χ0) is 20.5. The Morgan fingerprint density at radius 2 is 1.79 bits per heavy atom. The molecule has 150 valence electrons.